The zero-order valence-corrected chi connectivity index (χ0v) is 8.94. The molecular weight excluding hydrogens is 193 g/mol. The Kier molecular flexibility index (Phi) is 3.94. The largest absolute Gasteiger partial charge is 0.504 e. The predicted molar refractivity (Wildman–Crippen MR) is 57.9 cm³/mol. The lowest BCUT2D eigenvalue weighted by atomic mass is 9.82. The molecule has 4 heteroatoms. The minimum Gasteiger partial charge on any atom is -0.504 e. The Balaban J connectivity index is 2.65. The maximum absolute atomic E-state index is 9.73. The molecule has 1 unspecified atom stereocenters. The molecule has 1 aromatic carbocycles. The number of aromatic hydroxyl groups is 2. The van der Waals surface area contributed by atoms with Gasteiger partial charge >= 0.3 is 0 Å². The average molecular weight is 210 g/mol. The molecule has 0 amide bonds. The highest BCUT2D eigenvalue weighted by Gasteiger charge is 2.10. The molecule has 84 valence electrons. The first kappa shape index (κ1) is 11.8. The van der Waals surface area contributed by atoms with Crippen molar-refractivity contribution in [2.24, 2.45) is 0 Å². The van der Waals surface area contributed by atoms with Crippen LogP contribution in [0.2, 0.25) is 0 Å². The lowest BCUT2D eigenvalue weighted by molar-refractivity contribution is 0.171. The minimum atomic E-state index is -0.682. The van der Waals surface area contributed by atoms with E-state index in [2.05, 4.69) is 5.32 Å². The maximum Gasteiger partial charge on any atom is 0.157 e. The second-order valence-electron chi connectivity index (χ2n) is 3.83. The zero-order chi connectivity index (χ0) is 11.4. The van der Waals surface area contributed by atoms with Crippen LogP contribution in [0, 0.1) is 0 Å². The maximum atomic E-state index is 9.73. The average Bonchev–Trinajstić information content (AvgIpc) is 2.18. The van der Waals surface area contributed by atoms with Gasteiger partial charge in [-0.3, -0.25) is 0 Å². The first-order valence-electron chi connectivity index (χ1n) is 4.94. The Labute approximate surface area is 89.2 Å². The third kappa shape index (κ3) is 3.42. The van der Waals surface area contributed by atoms with Gasteiger partial charge in [0, 0.05) is 12.6 Å². The van der Waals surface area contributed by atoms with E-state index in [-0.39, 0.29) is 11.5 Å². The fourth-order valence-electron chi connectivity index (χ4n) is 1.21. The SMILES string of the molecule is C[11CH](C)NCC(O)c1ccc(O)c(O)c1. The van der Waals surface area contributed by atoms with Gasteiger partial charge in [0.05, 0.1) is 6.10 Å². The summed E-state index contributed by atoms with van der Waals surface area (Å²) in [4.78, 5) is 0. The third-order valence-electron chi connectivity index (χ3n) is 2.10. The Bertz CT molecular complexity index is 326. The molecule has 0 aliphatic carbocycles. The van der Waals surface area contributed by atoms with E-state index >= 15 is 0 Å². The second-order valence-corrected chi connectivity index (χ2v) is 3.83. The van der Waals surface area contributed by atoms with E-state index in [0.717, 1.165) is 0 Å². The number of hydrogen-bond donors (Lipinski definition) is 4. The summed E-state index contributed by atoms with van der Waals surface area (Å²) in [5, 5.41) is 31.2. The van der Waals surface area contributed by atoms with Crippen molar-refractivity contribution >= 4 is 0 Å². The third-order valence-corrected chi connectivity index (χ3v) is 2.10. The molecule has 0 saturated carbocycles. The Morgan fingerprint density at radius 1 is 1.20 bits per heavy atom. The molecule has 0 radical (unpaired) electrons. The van der Waals surface area contributed by atoms with Gasteiger partial charge in [0.2, 0.25) is 0 Å². The summed E-state index contributed by atoms with van der Waals surface area (Å²) in [5.74, 6) is -0.390. The number of hydrogen-bond acceptors (Lipinski definition) is 4. The van der Waals surface area contributed by atoms with E-state index in [1.165, 1.54) is 12.1 Å². The van der Waals surface area contributed by atoms with Crippen molar-refractivity contribution in [1.82, 2.24) is 5.32 Å². The minimum absolute atomic E-state index is 0.178. The second kappa shape index (κ2) is 5.00. The summed E-state index contributed by atoms with van der Waals surface area (Å²) in [6.45, 7) is 4.39. The molecule has 0 bridgehead atoms. The van der Waals surface area contributed by atoms with Gasteiger partial charge < -0.3 is 20.6 Å². The Morgan fingerprint density at radius 3 is 2.40 bits per heavy atom. The van der Waals surface area contributed by atoms with Crippen molar-refractivity contribution in [3.63, 3.8) is 0 Å². The zero-order valence-electron chi connectivity index (χ0n) is 8.94. The van der Waals surface area contributed by atoms with Crippen LogP contribution in [0.4, 0.5) is 0 Å². The van der Waals surface area contributed by atoms with Gasteiger partial charge in [0.25, 0.3) is 0 Å². The lowest BCUT2D eigenvalue weighted by Gasteiger charge is -2.14. The smallest absolute Gasteiger partial charge is 0.157 e. The molecular formula is C11H17NO3. The topological polar surface area (TPSA) is 72.7 Å². The van der Waals surface area contributed by atoms with Crippen LogP contribution in [-0.4, -0.2) is 27.9 Å². The van der Waals surface area contributed by atoms with Crippen LogP contribution in [-0.2, 0) is 0 Å². The first-order chi connectivity index (χ1) is 7.00. The van der Waals surface area contributed by atoms with Crippen LogP contribution in [0.15, 0.2) is 18.2 Å². The Morgan fingerprint density at radius 2 is 1.87 bits per heavy atom. The monoisotopic (exact) mass is 210 g/mol. The van der Waals surface area contributed by atoms with Crippen molar-refractivity contribution < 1.29 is 15.3 Å². The number of phenolic OH excluding ortho intramolecular Hbond substituents is 2. The van der Waals surface area contributed by atoms with E-state index in [1.807, 2.05) is 13.8 Å². The summed E-state index contributed by atoms with van der Waals surface area (Å²) in [6, 6.07) is 4.61. The molecule has 4 nitrogen and oxygen atoms in total. The molecule has 0 fully saturated rings. The van der Waals surface area contributed by atoms with Crippen LogP contribution in [0.25, 0.3) is 0 Å². The van der Waals surface area contributed by atoms with Crippen molar-refractivity contribution in [2.75, 3.05) is 6.54 Å². The summed E-state index contributed by atoms with van der Waals surface area (Å²) < 4.78 is 0. The number of aliphatic hydroxyl groups excluding tert-OH is 1. The number of nitrogens with one attached hydrogen (secondary N) is 1. The van der Waals surface area contributed by atoms with Crippen LogP contribution < -0.4 is 5.32 Å². The van der Waals surface area contributed by atoms with Gasteiger partial charge in [-0.25, -0.2) is 0 Å². The van der Waals surface area contributed by atoms with E-state index < -0.39 is 6.10 Å². The van der Waals surface area contributed by atoms with Crippen LogP contribution in [0.3, 0.4) is 0 Å². The van der Waals surface area contributed by atoms with Crippen molar-refractivity contribution in [1.29, 1.82) is 0 Å². The summed E-state index contributed by atoms with van der Waals surface area (Å²) >= 11 is 0. The standard InChI is InChI=1S/C11H17NO3/c1-7(2)12-6-11(15)8-3-4-9(13)10(14)5-8/h3-5,7,11-15H,6H2,1-2H3/i7-1. The van der Waals surface area contributed by atoms with Gasteiger partial charge in [-0.1, -0.05) is 19.9 Å². The number of benzene rings is 1. The molecule has 1 atom stereocenters. The molecule has 0 spiro atoms. The van der Waals surface area contributed by atoms with E-state index in [1.54, 1.807) is 6.07 Å². The number of rotatable bonds is 4. The lowest BCUT2D eigenvalue weighted by Crippen LogP contribution is -2.27. The summed E-state index contributed by atoms with van der Waals surface area (Å²) in [6.07, 6.45) is -0.682. The van der Waals surface area contributed by atoms with Crippen LogP contribution >= 0.6 is 0 Å². The summed E-state index contributed by atoms with van der Waals surface area (Å²) in [5.41, 5.74) is 0.582. The van der Waals surface area contributed by atoms with Crippen molar-refractivity contribution in [3.8, 4) is 11.5 Å². The molecule has 1 aromatic rings. The molecule has 0 heterocycles. The van der Waals surface area contributed by atoms with Crippen molar-refractivity contribution in [2.45, 2.75) is 26.0 Å². The fourth-order valence-corrected chi connectivity index (χ4v) is 1.21. The van der Waals surface area contributed by atoms with Crippen molar-refractivity contribution in [3.05, 3.63) is 23.8 Å². The van der Waals surface area contributed by atoms with E-state index in [9.17, 15) is 10.2 Å². The van der Waals surface area contributed by atoms with Gasteiger partial charge in [0.1, 0.15) is 0 Å². The molecule has 0 saturated heterocycles. The Hall–Kier alpha value is -1.26. The molecule has 0 aliphatic heterocycles. The fraction of sp³-hybridized carbons (Fsp3) is 0.455. The highest BCUT2D eigenvalue weighted by atomic mass is 16.3. The van der Waals surface area contributed by atoms with E-state index in [0.29, 0.717) is 18.2 Å². The summed E-state index contributed by atoms with van der Waals surface area (Å²) in [7, 11) is 0. The highest BCUT2D eigenvalue weighted by molar-refractivity contribution is 5.41. The van der Waals surface area contributed by atoms with Gasteiger partial charge in [0.15, 0.2) is 11.5 Å². The van der Waals surface area contributed by atoms with Gasteiger partial charge in [-0.05, 0) is 17.7 Å². The molecule has 0 aromatic heterocycles. The van der Waals surface area contributed by atoms with Gasteiger partial charge in [-0.2, -0.15) is 0 Å². The molecule has 15 heavy (non-hydrogen) atoms. The highest BCUT2D eigenvalue weighted by Crippen LogP contribution is 2.27. The van der Waals surface area contributed by atoms with Gasteiger partial charge in [-0.15, -0.1) is 0 Å². The molecule has 4 N–H and O–H groups in total. The molecule has 1 rings (SSSR count). The van der Waals surface area contributed by atoms with E-state index in [4.69, 9.17) is 5.11 Å². The first-order valence-corrected chi connectivity index (χ1v) is 4.94. The van der Waals surface area contributed by atoms with Crippen LogP contribution in [0.5, 0.6) is 11.5 Å². The normalized spacial score (nSPS) is 13.1. The number of phenols is 2. The predicted octanol–water partition coefficient (Wildman–Crippen LogP) is 1.13. The molecule has 0 aliphatic rings. The number of aliphatic hydroxyl groups is 1. The van der Waals surface area contributed by atoms with Crippen LogP contribution in [0.1, 0.15) is 25.5 Å². The quantitative estimate of drug-likeness (QED) is 0.562.